The lowest BCUT2D eigenvalue weighted by molar-refractivity contribution is -0.575. The van der Waals surface area contributed by atoms with Crippen LogP contribution in [0.2, 0.25) is 0 Å². The number of hydrogen-bond donors (Lipinski definition) is 0. The molecule has 0 atom stereocenters. The number of aromatic nitrogens is 2. The van der Waals surface area contributed by atoms with Gasteiger partial charge in [-0.05, 0) is 9.85 Å². The van der Waals surface area contributed by atoms with Crippen LogP contribution in [0.3, 0.4) is 0 Å². The number of rotatable bonds is 3. The van der Waals surface area contributed by atoms with E-state index in [4.69, 9.17) is 0 Å². The summed E-state index contributed by atoms with van der Waals surface area (Å²) >= 11 is 0. The number of imidazole rings is 1. The molecule has 0 radical (unpaired) electrons. The summed E-state index contributed by atoms with van der Waals surface area (Å²) in [5, 5.41) is 29.3. The van der Waals surface area contributed by atoms with Gasteiger partial charge in [0, 0.05) is 0 Å². The van der Waals surface area contributed by atoms with Crippen LogP contribution in [0.5, 0.6) is 0 Å². The summed E-state index contributed by atoms with van der Waals surface area (Å²) in [5.41, 5.74) is 0. The van der Waals surface area contributed by atoms with E-state index in [1.807, 2.05) is 0 Å². The standard InChI is InChI=1S/C3HN5O6/c9-6(10)2-1-4-3(7(11)12)5(2)8(13)14/h1H. The van der Waals surface area contributed by atoms with Crippen molar-refractivity contribution in [1.82, 2.24) is 9.66 Å². The number of nitrogens with zero attached hydrogens (tertiary/aromatic N) is 5. The molecule has 0 unspecified atom stereocenters. The maximum Gasteiger partial charge on any atom is 0.502 e. The van der Waals surface area contributed by atoms with Crippen LogP contribution in [0.1, 0.15) is 0 Å². The van der Waals surface area contributed by atoms with E-state index >= 15 is 0 Å². The molecule has 0 saturated carbocycles. The molecule has 0 N–H and O–H groups in total. The average molecular weight is 203 g/mol. The lowest BCUT2D eigenvalue weighted by Crippen LogP contribution is -2.14. The highest BCUT2D eigenvalue weighted by Gasteiger charge is 2.34. The molecule has 14 heavy (non-hydrogen) atoms. The van der Waals surface area contributed by atoms with Gasteiger partial charge in [-0.15, -0.1) is 0 Å². The normalized spacial score (nSPS) is 9.71. The Kier molecular flexibility index (Phi) is 2.06. The van der Waals surface area contributed by atoms with E-state index in [0.717, 1.165) is 0 Å². The summed E-state index contributed by atoms with van der Waals surface area (Å²) in [7, 11) is 0. The average Bonchev–Trinajstić information content (AvgIpc) is 2.46. The molecule has 0 amide bonds. The lowest BCUT2D eigenvalue weighted by Gasteiger charge is -1.92. The fourth-order valence-electron chi connectivity index (χ4n) is 0.733. The molecule has 0 fully saturated rings. The highest BCUT2D eigenvalue weighted by Crippen LogP contribution is 2.18. The van der Waals surface area contributed by atoms with Gasteiger partial charge in [0.2, 0.25) is 5.03 Å². The second-order valence-electron chi connectivity index (χ2n) is 1.98. The second kappa shape index (κ2) is 3.04. The van der Waals surface area contributed by atoms with Crippen LogP contribution in [0.15, 0.2) is 6.20 Å². The predicted octanol–water partition coefficient (Wildman–Crippen LogP) is -0.261. The Morgan fingerprint density at radius 1 is 1.14 bits per heavy atom. The monoisotopic (exact) mass is 203 g/mol. The van der Waals surface area contributed by atoms with Crippen LogP contribution in [0.4, 0.5) is 11.8 Å². The summed E-state index contributed by atoms with van der Waals surface area (Å²) in [6, 6.07) is 0. The molecule has 0 aromatic carbocycles. The molecule has 11 nitrogen and oxygen atoms in total. The van der Waals surface area contributed by atoms with Crippen molar-refractivity contribution < 1.29 is 14.9 Å². The number of hydrogen-bond acceptors (Lipinski definition) is 7. The summed E-state index contributed by atoms with van der Waals surface area (Å²) in [6.07, 6.45) is 0.445. The summed E-state index contributed by atoms with van der Waals surface area (Å²) < 4.78 is -0.306. The molecule has 74 valence electrons. The Morgan fingerprint density at radius 2 is 1.71 bits per heavy atom. The van der Waals surface area contributed by atoms with Crippen LogP contribution < -0.4 is 0 Å². The molecule has 1 aromatic heterocycles. The molecule has 0 spiro atoms. The quantitative estimate of drug-likeness (QED) is 0.485. The zero-order valence-corrected chi connectivity index (χ0v) is 6.26. The van der Waals surface area contributed by atoms with Crippen LogP contribution in [-0.2, 0) is 0 Å². The Hall–Kier alpha value is -2.59. The van der Waals surface area contributed by atoms with Gasteiger partial charge in [0.05, 0.1) is 0 Å². The van der Waals surface area contributed by atoms with Crippen LogP contribution >= 0.6 is 0 Å². The first-order chi connectivity index (χ1) is 6.45. The Balaban J connectivity index is 3.42. The van der Waals surface area contributed by atoms with Crippen molar-refractivity contribution >= 4 is 11.8 Å². The van der Waals surface area contributed by atoms with E-state index in [2.05, 4.69) is 4.98 Å². The Bertz CT molecular complexity index is 390. The smallest absolute Gasteiger partial charge is 0.390 e. The molecule has 0 aliphatic rings. The van der Waals surface area contributed by atoms with Crippen molar-refractivity contribution in [2.24, 2.45) is 0 Å². The van der Waals surface area contributed by atoms with Crippen molar-refractivity contribution in [3.63, 3.8) is 0 Å². The van der Waals surface area contributed by atoms with Crippen molar-refractivity contribution in [1.29, 1.82) is 0 Å². The van der Waals surface area contributed by atoms with Crippen molar-refractivity contribution in [2.45, 2.75) is 0 Å². The number of nitro groups is 3. The summed E-state index contributed by atoms with van der Waals surface area (Å²) in [6.45, 7) is 0. The van der Waals surface area contributed by atoms with Crippen LogP contribution in [0, 0.1) is 30.3 Å². The second-order valence-corrected chi connectivity index (χ2v) is 1.98. The van der Waals surface area contributed by atoms with Gasteiger partial charge < -0.3 is 20.2 Å². The minimum Gasteiger partial charge on any atom is -0.390 e. The van der Waals surface area contributed by atoms with Gasteiger partial charge in [0.25, 0.3) is 0 Å². The van der Waals surface area contributed by atoms with Crippen LogP contribution in [-0.4, -0.2) is 24.5 Å². The van der Waals surface area contributed by atoms with E-state index in [1.54, 1.807) is 0 Å². The van der Waals surface area contributed by atoms with Crippen molar-refractivity contribution in [2.75, 3.05) is 0 Å². The van der Waals surface area contributed by atoms with E-state index in [-0.39, 0.29) is 4.68 Å². The molecule has 0 aliphatic heterocycles. The van der Waals surface area contributed by atoms with E-state index < -0.39 is 26.6 Å². The minimum absolute atomic E-state index is 0.306. The summed E-state index contributed by atoms with van der Waals surface area (Å²) in [4.78, 5) is 31.2. The Morgan fingerprint density at radius 3 is 2.07 bits per heavy atom. The molecule has 11 heteroatoms. The third kappa shape index (κ3) is 1.33. The van der Waals surface area contributed by atoms with Gasteiger partial charge in [0.15, 0.2) is 6.20 Å². The van der Waals surface area contributed by atoms with Gasteiger partial charge in [-0.25, -0.2) is 10.1 Å². The first-order valence-electron chi connectivity index (χ1n) is 2.96. The topological polar surface area (TPSA) is 147 Å². The Labute approximate surface area is 74.0 Å². The molecule has 1 aromatic rings. The van der Waals surface area contributed by atoms with E-state index in [1.165, 1.54) is 0 Å². The zero-order valence-electron chi connectivity index (χ0n) is 6.26. The molecular weight excluding hydrogens is 202 g/mol. The molecule has 0 aliphatic carbocycles. The minimum atomic E-state index is -1.29. The van der Waals surface area contributed by atoms with E-state index in [9.17, 15) is 30.3 Å². The van der Waals surface area contributed by atoms with Gasteiger partial charge in [-0.1, -0.05) is 4.98 Å². The largest absolute Gasteiger partial charge is 0.502 e. The van der Waals surface area contributed by atoms with Gasteiger partial charge in [-0.2, -0.15) is 0 Å². The SMILES string of the molecule is O=[N+]([O-])c1cnc([N+](=O)[O-])n1[N+](=O)[O-]. The van der Waals surface area contributed by atoms with E-state index in [0.29, 0.717) is 6.20 Å². The molecule has 1 rings (SSSR count). The van der Waals surface area contributed by atoms with Gasteiger partial charge >= 0.3 is 11.8 Å². The highest BCUT2D eigenvalue weighted by atomic mass is 16.7. The fraction of sp³-hybridized carbons (Fsp3) is 0. The van der Waals surface area contributed by atoms with Crippen molar-refractivity contribution in [3.8, 4) is 0 Å². The third-order valence-corrected chi connectivity index (χ3v) is 1.22. The zero-order chi connectivity index (χ0) is 10.9. The maximum atomic E-state index is 10.2. The maximum absolute atomic E-state index is 10.2. The fourth-order valence-corrected chi connectivity index (χ4v) is 0.733. The lowest BCUT2D eigenvalue weighted by atomic mass is 10.8. The highest BCUT2D eigenvalue weighted by molar-refractivity contribution is 5.23. The van der Waals surface area contributed by atoms with Crippen LogP contribution in [0.25, 0.3) is 0 Å². The van der Waals surface area contributed by atoms with Gasteiger partial charge in [0.1, 0.15) is 4.68 Å². The predicted molar refractivity (Wildman–Crippen MR) is 37.9 cm³/mol. The third-order valence-electron chi connectivity index (χ3n) is 1.22. The molecular formula is C3HN5O6. The first kappa shape index (κ1) is 9.50. The first-order valence-corrected chi connectivity index (χ1v) is 2.96. The van der Waals surface area contributed by atoms with Gasteiger partial charge in [-0.3, -0.25) is 0 Å². The molecule has 0 bridgehead atoms. The van der Waals surface area contributed by atoms with Crippen molar-refractivity contribution in [3.05, 3.63) is 36.5 Å². The molecule has 1 heterocycles. The molecule has 0 saturated heterocycles. The summed E-state index contributed by atoms with van der Waals surface area (Å²) in [5.74, 6) is -2.27.